The van der Waals surface area contributed by atoms with Crippen LogP contribution in [0.4, 0.5) is 23.7 Å². The number of aromatic nitrogens is 1. The molecule has 2 amide bonds. The highest BCUT2D eigenvalue weighted by atomic mass is 32.1. The van der Waals surface area contributed by atoms with Crippen LogP contribution in [0.1, 0.15) is 21.7 Å². The quantitative estimate of drug-likeness (QED) is 0.579. The van der Waals surface area contributed by atoms with Gasteiger partial charge >= 0.3 is 12.2 Å². The highest BCUT2D eigenvalue weighted by molar-refractivity contribution is 7.15. The van der Waals surface area contributed by atoms with Crippen molar-refractivity contribution in [2.45, 2.75) is 26.6 Å². The van der Waals surface area contributed by atoms with E-state index in [9.17, 15) is 18.0 Å². The minimum atomic E-state index is -4.54. The Morgan fingerprint density at radius 2 is 1.75 bits per heavy atom. The SMILES string of the molecule is Cc1ccccc1-c1nc(C)c(CNC(=O)Nc2ccccc2C(F)(F)F)s1. The fourth-order valence-corrected chi connectivity index (χ4v) is 3.78. The van der Waals surface area contributed by atoms with Gasteiger partial charge in [-0.25, -0.2) is 9.78 Å². The summed E-state index contributed by atoms with van der Waals surface area (Å²) in [5.41, 5.74) is 1.72. The lowest BCUT2D eigenvalue weighted by Gasteiger charge is -2.13. The van der Waals surface area contributed by atoms with Crippen LogP contribution in [0.3, 0.4) is 0 Å². The Morgan fingerprint density at radius 1 is 1.07 bits per heavy atom. The molecule has 28 heavy (non-hydrogen) atoms. The maximum Gasteiger partial charge on any atom is 0.418 e. The van der Waals surface area contributed by atoms with Crippen LogP contribution < -0.4 is 10.6 Å². The van der Waals surface area contributed by atoms with Crippen LogP contribution in [-0.2, 0) is 12.7 Å². The number of carbonyl (C=O) groups excluding carboxylic acids is 1. The Labute approximate surface area is 164 Å². The molecule has 1 heterocycles. The molecule has 1 aromatic heterocycles. The third-order valence-corrected chi connectivity index (χ3v) is 5.35. The van der Waals surface area contributed by atoms with Gasteiger partial charge in [0.25, 0.3) is 0 Å². The Balaban J connectivity index is 1.69. The number of anilines is 1. The summed E-state index contributed by atoms with van der Waals surface area (Å²) >= 11 is 1.45. The van der Waals surface area contributed by atoms with E-state index in [2.05, 4.69) is 15.6 Å². The summed E-state index contributed by atoms with van der Waals surface area (Å²) in [5, 5.41) is 5.71. The van der Waals surface area contributed by atoms with Gasteiger partial charge in [-0.3, -0.25) is 0 Å². The molecule has 0 unspecified atom stereocenters. The maximum atomic E-state index is 13.0. The van der Waals surface area contributed by atoms with Crippen LogP contribution in [0.15, 0.2) is 48.5 Å². The molecular weight excluding hydrogens is 387 g/mol. The number of para-hydroxylation sites is 1. The number of benzene rings is 2. The number of aryl methyl sites for hydroxylation is 2. The van der Waals surface area contributed by atoms with Crippen molar-refractivity contribution >= 4 is 23.1 Å². The first-order valence-electron chi connectivity index (χ1n) is 8.49. The molecule has 2 aromatic carbocycles. The van der Waals surface area contributed by atoms with Gasteiger partial charge in [-0.15, -0.1) is 11.3 Å². The molecule has 0 aliphatic carbocycles. The van der Waals surface area contributed by atoms with Gasteiger partial charge < -0.3 is 10.6 Å². The highest BCUT2D eigenvalue weighted by Crippen LogP contribution is 2.34. The third kappa shape index (κ3) is 4.51. The Hall–Kier alpha value is -2.87. The van der Waals surface area contributed by atoms with Gasteiger partial charge in [0.05, 0.1) is 23.5 Å². The number of nitrogens with one attached hydrogen (secondary N) is 2. The Bertz CT molecular complexity index is 998. The number of nitrogens with zero attached hydrogens (tertiary/aromatic N) is 1. The zero-order valence-corrected chi connectivity index (χ0v) is 16.0. The van der Waals surface area contributed by atoms with E-state index in [0.29, 0.717) is 0 Å². The largest absolute Gasteiger partial charge is 0.418 e. The van der Waals surface area contributed by atoms with Gasteiger partial charge in [0.1, 0.15) is 5.01 Å². The molecule has 146 valence electrons. The number of rotatable bonds is 4. The standard InChI is InChI=1S/C20H18F3N3OS/c1-12-7-3-4-8-14(12)18-25-13(2)17(28-18)11-24-19(27)26-16-10-6-5-9-15(16)20(21,22)23/h3-10H,11H2,1-2H3,(H2,24,26,27). The zero-order chi connectivity index (χ0) is 20.3. The summed E-state index contributed by atoms with van der Waals surface area (Å²) in [6.07, 6.45) is -4.54. The van der Waals surface area contributed by atoms with Crippen molar-refractivity contribution in [3.63, 3.8) is 0 Å². The van der Waals surface area contributed by atoms with Crippen LogP contribution in [0, 0.1) is 13.8 Å². The van der Waals surface area contributed by atoms with Crippen molar-refractivity contribution in [1.29, 1.82) is 0 Å². The predicted octanol–water partition coefficient (Wildman–Crippen LogP) is 5.77. The van der Waals surface area contributed by atoms with Gasteiger partial charge in [-0.2, -0.15) is 13.2 Å². The monoisotopic (exact) mass is 405 g/mol. The van der Waals surface area contributed by atoms with Crippen molar-refractivity contribution in [3.05, 3.63) is 70.2 Å². The molecule has 3 rings (SSSR count). The number of carbonyl (C=O) groups is 1. The normalized spacial score (nSPS) is 11.3. The summed E-state index contributed by atoms with van der Waals surface area (Å²) in [6.45, 7) is 4.01. The summed E-state index contributed by atoms with van der Waals surface area (Å²) in [5.74, 6) is 0. The van der Waals surface area contributed by atoms with Gasteiger partial charge in [0.15, 0.2) is 0 Å². The minimum absolute atomic E-state index is 0.176. The smallest absolute Gasteiger partial charge is 0.333 e. The number of amides is 2. The molecule has 8 heteroatoms. The average molecular weight is 405 g/mol. The number of thiazole rings is 1. The molecule has 0 saturated carbocycles. The zero-order valence-electron chi connectivity index (χ0n) is 15.2. The molecule has 4 nitrogen and oxygen atoms in total. The number of hydrogen-bond acceptors (Lipinski definition) is 3. The van der Waals surface area contributed by atoms with Crippen molar-refractivity contribution in [2.75, 3.05) is 5.32 Å². The van der Waals surface area contributed by atoms with Crippen LogP contribution in [-0.4, -0.2) is 11.0 Å². The molecule has 0 atom stereocenters. The molecule has 0 aliphatic rings. The van der Waals surface area contributed by atoms with E-state index in [-0.39, 0.29) is 12.2 Å². The first-order chi connectivity index (χ1) is 13.3. The van der Waals surface area contributed by atoms with Gasteiger partial charge in [0.2, 0.25) is 0 Å². The highest BCUT2D eigenvalue weighted by Gasteiger charge is 2.33. The van der Waals surface area contributed by atoms with Crippen molar-refractivity contribution < 1.29 is 18.0 Å². The molecule has 0 aliphatic heterocycles. The fourth-order valence-electron chi connectivity index (χ4n) is 2.69. The molecule has 0 fully saturated rings. The second kappa shape index (κ2) is 8.02. The number of alkyl halides is 3. The maximum absolute atomic E-state index is 13.0. The molecule has 0 spiro atoms. The van der Waals surface area contributed by atoms with E-state index in [4.69, 9.17) is 0 Å². The van der Waals surface area contributed by atoms with Crippen LogP contribution in [0.5, 0.6) is 0 Å². The summed E-state index contributed by atoms with van der Waals surface area (Å²) in [6, 6.07) is 12.0. The molecule has 0 radical (unpaired) electrons. The lowest BCUT2D eigenvalue weighted by molar-refractivity contribution is -0.136. The Morgan fingerprint density at radius 3 is 2.46 bits per heavy atom. The third-order valence-electron chi connectivity index (χ3n) is 4.16. The van der Waals surface area contributed by atoms with Crippen molar-refractivity contribution in [1.82, 2.24) is 10.3 Å². The minimum Gasteiger partial charge on any atom is -0.333 e. The van der Waals surface area contributed by atoms with E-state index in [1.54, 1.807) is 0 Å². The van der Waals surface area contributed by atoms with Gasteiger partial charge in [-0.05, 0) is 31.5 Å². The molecular formula is C20H18F3N3OS. The van der Waals surface area contributed by atoms with E-state index in [1.807, 2.05) is 38.1 Å². The molecule has 0 bridgehead atoms. The summed E-state index contributed by atoms with van der Waals surface area (Å²) in [4.78, 5) is 17.5. The first-order valence-corrected chi connectivity index (χ1v) is 9.30. The molecule has 3 aromatic rings. The van der Waals surface area contributed by atoms with E-state index in [1.165, 1.54) is 29.5 Å². The van der Waals surface area contributed by atoms with E-state index in [0.717, 1.165) is 32.8 Å². The topological polar surface area (TPSA) is 54.0 Å². The van der Waals surface area contributed by atoms with E-state index >= 15 is 0 Å². The predicted molar refractivity (Wildman–Crippen MR) is 104 cm³/mol. The van der Waals surface area contributed by atoms with Gasteiger partial charge in [-0.1, -0.05) is 36.4 Å². The van der Waals surface area contributed by atoms with Crippen molar-refractivity contribution in [3.8, 4) is 10.6 Å². The molecule has 0 saturated heterocycles. The summed E-state index contributed by atoms with van der Waals surface area (Å²) < 4.78 is 39.1. The lowest BCUT2D eigenvalue weighted by Crippen LogP contribution is -2.29. The second-order valence-electron chi connectivity index (χ2n) is 6.19. The average Bonchev–Trinajstić information content (AvgIpc) is 3.00. The second-order valence-corrected chi connectivity index (χ2v) is 7.28. The van der Waals surface area contributed by atoms with Crippen LogP contribution >= 0.6 is 11.3 Å². The van der Waals surface area contributed by atoms with Crippen molar-refractivity contribution in [2.24, 2.45) is 0 Å². The Kier molecular flexibility index (Phi) is 5.69. The summed E-state index contributed by atoms with van der Waals surface area (Å²) in [7, 11) is 0. The number of halogens is 3. The van der Waals surface area contributed by atoms with Crippen LogP contribution in [0.25, 0.3) is 10.6 Å². The first kappa shape index (κ1) is 19.9. The fraction of sp³-hybridized carbons (Fsp3) is 0.200. The number of hydrogen-bond donors (Lipinski definition) is 2. The number of urea groups is 1. The van der Waals surface area contributed by atoms with Crippen LogP contribution in [0.2, 0.25) is 0 Å². The lowest BCUT2D eigenvalue weighted by atomic mass is 10.1. The van der Waals surface area contributed by atoms with E-state index < -0.39 is 17.8 Å². The molecule has 2 N–H and O–H groups in total. The van der Waals surface area contributed by atoms with Gasteiger partial charge in [0, 0.05) is 10.4 Å².